The van der Waals surface area contributed by atoms with Crippen molar-refractivity contribution < 1.29 is 17.6 Å². The summed E-state index contributed by atoms with van der Waals surface area (Å²) in [5.74, 6) is -1.86. The first-order chi connectivity index (χ1) is 15.8. The minimum absolute atomic E-state index is 0.0497. The van der Waals surface area contributed by atoms with Crippen LogP contribution in [-0.2, 0) is 21.1 Å². The number of Topliss-reactive ketones (excluding diaryl/α,β-unsaturated/α-hetero) is 1. The van der Waals surface area contributed by atoms with Gasteiger partial charge < -0.3 is 0 Å². The first-order valence-electron chi connectivity index (χ1n) is 9.77. The summed E-state index contributed by atoms with van der Waals surface area (Å²) in [5.41, 5.74) is 2.52. The van der Waals surface area contributed by atoms with E-state index < -0.39 is 27.2 Å². The molecule has 0 saturated carbocycles. The molecule has 3 aromatic heterocycles. The molecule has 0 aliphatic heterocycles. The Morgan fingerprint density at radius 2 is 1.94 bits per heavy atom. The van der Waals surface area contributed by atoms with Gasteiger partial charge in [0.25, 0.3) is 5.56 Å². The Bertz CT molecular complexity index is 1690. The Labute approximate surface area is 195 Å². The van der Waals surface area contributed by atoms with Crippen LogP contribution in [0.5, 0.6) is 0 Å². The van der Waals surface area contributed by atoms with Gasteiger partial charge in [0, 0.05) is 18.0 Å². The fraction of sp³-hybridized carbons (Fsp3) is 0.0870. The number of carbonyl (C=O) groups excluding carboxylic acids is 1. The highest BCUT2D eigenvalue weighted by molar-refractivity contribution is 7.94. The van der Waals surface area contributed by atoms with Crippen LogP contribution in [0.15, 0.2) is 74.6 Å². The molecule has 5 rings (SSSR count). The Hall–Kier alpha value is -3.21. The third-order valence-electron chi connectivity index (χ3n) is 5.18. The quantitative estimate of drug-likeness (QED) is 0.347. The van der Waals surface area contributed by atoms with Crippen molar-refractivity contribution in [2.24, 2.45) is 0 Å². The van der Waals surface area contributed by atoms with Crippen LogP contribution in [0.3, 0.4) is 0 Å². The summed E-state index contributed by atoms with van der Waals surface area (Å²) in [7, 11) is -3.71. The molecule has 5 aromatic rings. The van der Waals surface area contributed by atoms with Gasteiger partial charge in [-0.25, -0.2) is 17.8 Å². The van der Waals surface area contributed by atoms with E-state index in [0.29, 0.717) is 16.3 Å². The van der Waals surface area contributed by atoms with E-state index in [-0.39, 0.29) is 21.9 Å². The summed E-state index contributed by atoms with van der Waals surface area (Å²) in [4.78, 5) is 29.6. The molecule has 166 valence electrons. The monoisotopic (exact) mass is 498 g/mol. The number of ketones is 1. The zero-order valence-corrected chi connectivity index (χ0v) is 19.3. The first kappa shape index (κ1) is 21.6. The van der Waals surface area contributed by atoms with Gasteiger partial charge in [-0.3, -0.25) is 14.2 Å². The molecule has 0 unspecified atom stereocenters. The van der Waals surface area contributed by atoms with Crippen molar-refractivity contribution in [2.45, 2.75) is 10.6 Å². The van der Waals surface area contributed by atoms with Gasteiger partial charge >= 0.3 is 0 Å². The summed E-state index contributed by atoms with van der Waals surface area (Å²) < 4.78 is 41.7. The average molecular weight is 499 g/mol. The van der Waals surface area contributed by atoms with Crippen LogP contribution >= 0.6 is 22.7 Å². The molecule has 10 heteroatoms. The minimum Gasteiger partial charge on any atom is -0.298 e. The number of nitrogens with zero attached hydrogens (tertiary/aromatic N) is 2. The molecule has 0 atom stereocenters. The Morgan fingerprint density at radius 3 is 2.70 bits per heavy atom. The second-order valence-corrected chi connectivity index (χ2v) is 11.5. The summed E-state index contributed by atoms with van der Waals surface area (Å²) in [5, 5.41) is 2.79. The number of carbonyl (C=O) groups is 1. The molecule has 6 nitrogen and oxygen atoms in total. The van der Waals surface area contributed by atoms with E-state index in [2.05, 4.69) is 4.98 Å². The molecule has 0 N–H and O–H groups in total. The predicted molar refractivity (Wildman–Crippen MR) is 128 cm³/mol. The zero-order chi connectivity index (χ0) is 23.2. The van der Waals surface area contributed by atoms with E-state index in [0.717, 1.165) is 27.6 Å². The Balaban J connectivity index is 1.42. The van der Waals surface area contributed by atoms with Gasteiger partial charge in [0.2, 0.25) is 0 Å². The van der Waals surface area contributed by atoms with Gasteiger partial charge in [0.05, 0.1) is 21.4 Å². The summed E-state index contributed by atoms with van der Waals surface area (Å²) >= 11 is 2.47. The second-order valence-electron chi connectivity index (χ2n) is 7.44. The molecule has 0 spiro atoms. The van der Waals surface area contributed by atoms with Crippen molar-refractivity contribution in [3.05, 3.63) is 87.4 Å². The lowest BCUT2D eigenvalue weighted by Crippen LogP contribution is -2.19. The van der Waals surface area contributed by atoms with E-state index >= 15 is 0 Å². The maximum Gasteiger partial charge on any atom is 0.263 e. The number of thiazole rings is 1. The standard InChI is InChI=1S/C23H15FN2O4S3/c24-18-9-14(8-16(27)12-33(29,30)22-2-1-7-31-22)3-4-20(18)26-6-5-15-10-19-21(32-13-25-19)11-17(15)23(26)28/h1-7,9-11,13H,8,12H2. The van der Waals surface area contributed by atoms with Crippen LogP contribution in [0.2, 0.25) is 0 Å². The highest BCUT2D eigenvalue weighted by Crippen LogP contribution is 2.24. The third kappa shape index (κ3) is 4.12. The van der Waals surface area contributed by atoms with Crippen LogP contribution < -0.4 is 5.56 Å². The van der Waals surface area contributed by atoms with Gasteiger partial charge in [0.1, 0.15) is 15.8 Å². The fourth-order valence-corrected chi connectivity index (χ4v) is 6.67. The van der Waals surface area contributed by atoms with Crippen molar-refractivity contribution >= 4 is 59.3 Å². The molecule has 0 aliphatic carbocycles. The van der Waals surface area contributed by atoms with Crippen molar-refractivity contribution in [2.75, 3.05) is 5.75 Å². The summed E-state index contributed by atoms with van der Waals surface area (Å²) in [6.07, 6.45) is 1.28. The van der Waals surface area contributed by atoms with Gasteiger partial charge in [-0.15, -0.1) is 22.7 Å². The highest BCUT2D eigenvalue weighted by atomic mass is 32.2. The van der Waals surface area contributed by atoms with E-state index in [1.807, 2.05) is 6.07 Å². The number of hydrogen-bond acceptors (Lipinski definition) is 7. The number of fused-ring (bicyclic) bond motifs is 2. The zero-order valence-electron chi connectivity index (χ0n) is 16.9. The van der Waals surface area contributed by atoms with Crippen LogP contribution in [-0.4, -0.2) is 29.5 Å². The SMILES string of the molecule is O=C(Cc1ccc(-n2ccc3cc4ncsc4cc3c2=O)c(F)c1)CS(=O)(=O)c1cccs1. The van der Waals surface area contributed by atoms with E-state index in [1.54, 1.807) is 29.1 Å². The molecule has 0 radical (unpaired) electrons. The molecular formula is C23H15FN2O4S3. The maximum absolute atomic E-state index is 14.9. The number of aromatic nitrogens is 2. The second kappa shape index (κ2) is 8.29. The lowest BCUT2D eigenvalue weighted by Gasteiger charge is -2.10. The van der Waals surface area contributed by atoms with E-state index in [1.165, 1.54) is 40.3 Å². The van der Waals surface area contributed by atoms with Crippen LogP contribution in [0.4, 0.5) is 4.39 Å². The van der Waals surface area contributed by atoms with Crippen LogP contribution in [0, 0.1) is 5.82 Å². The maximum atomic E-state index is 14.9. The molecule has 0 bridgehead atoms. The lowest BCUT2D eigenvalue weighted by atomic mass is 10.1. The van der Waals surface area contributed by atoms with Gasteiger partial charge in [-0.1, -0.05) is 12.1 Å². The first-order valence-corrected chi connectivity index (χ1v) is 13.2. The number of rotatable bonds is 6. The third-order valence-corrected chi connectivity index (χ3v) is 9.14. The van der Waals surface area contributed by atoms with Gasteiger partial charge in [-0.2, -0.15) is 0 Å². The average Bonchev–Trinajstić information content (AvgIpc) is 3.45. The van der Waals surface area contributed by atoms with Gasteiger partial charge in [-0.05, 0) is 52.7 Å². The van der Waals surface area contributed by atoms with Crippen molar-refractivity contribution in [3.63, 3.8) is 0 Å². The molecule has 0 saturated heterocycles. The smallest absolute Gasteiger partial charge is 0.263 e. The summed E-state index contributed by atoms with van der Waals surface area (Å²) in [6, 6.07) is 12.5. The van der Waals surface area contributed by atoms with Crippen LogP contribution in [0.1, 0.15) is 5.56 Å². The Morgan fingerprint density at radius 1 is 1.09 bits per heavy atom. The van der Waals surface area contributed by atoms with E-state index in [9.17, 15) is 22.4 Å². The van der Waals surface area contributed by atoms with E-state index in [4.69, 9.17) is 0 Å². The largest absolute Gasteiger partial charge is 0.298 e. The molecule has 0 amide bonds. The fourth-order valence-electron chi connectivity index (χ4n) is 3.64. The molecule has 33 heavy (non-hydrogen) atoms. The van der Waals surface area contributed by atoms with Crippen molar-refractivity contribution in [3.8, 4) is 5.69 Å². The van der Waals surface area contributed by atoms with Crippen LogP contribution in [0.25, 0.3) is 26.7 Å². The Kier molecular flexibility index (Phi) is 5.43. The van der Waals surface area contributed by atoms with Crippen molar-refractivity contribution in [1.82, 2.24) is 9.55 Å². The minimum atomic E-state index is -3.71. The number of pyridine rings is 1. The molecule has 3 heterocycles. The number of benzene rings is 2. The molecule has 0 aliphatic rings. The lowest BCUT2D eigenvalue weighted by molar-refractivity contribution is -0.116. The molecule has 0 fully saturated rings. The summed E-state index contributed by atoms with van der Waals surface area (Å²) in [6.45, 7) is 0. The van der Waals surface area contributed by atoms with Gasteiger partial charge in [0.15, 0.2) is 15.6 Å². The number of halogens is 1. The molecular weight excluding hydrogens is 483 g/mol. The topological polar surface area (TPSA) is 86.1 Å². The predicted octanol–water partition coefficient (Wildman–Crippen LogP) is 4.39. The van der Waals surface area contributed by atoms with Crippen molar-refractivity contribution in [1.29, 1.82) is 0 Å². The number of thiophene rings is 1. The molecule has 2 aromatic carbocycles. The highest BCUT2D eigenvalue weighted by Gasteiger charge is 2.21. The number of sulfone groups is 1. The number of hydrogen-bond donors (Lipinski definition) is 0. The normalized spacial score (nSPS) is 11.9.